The summed E-state index contributed by atoms with van der Waals surface area (Å²) < 4.78 is 59.0. The number of likely N-dealkylation sites (N-methyl/N-ethyl adjacent to an activating group) is 1. The summed E-state index contributed by atoms with van der Waals surface area (Å²) in [6, 6.07) is 1.89. The van der Waals surface area contributed by atoms with Crippen LogP contribution in [0.4, 0.5) is 18.8 Å². The second-order valence-corrected chi connectivity index (χ2v) is 17.6. The van der Waals surface area contributed by atoms with Crippen molar-refractivity contribution in [2.45, 2.75) is 141 Å². The first-order valence-corrected chi connectivity index (χ1v) is 22.0. The number of Topliss-reactive ketones (excluding diaryl/α,β-unsaturated/α-hetero) is 2. The molecule has 17 nitrogen and oxygen atoms in total. The van der Waals surface area contributed by atoms with Gasteiger partial charge < -0.3 is 39.4 Å². The molecule has 2 aromatic heterocycles. The van der Waals surface area contributed by atoms with Crippen LogP contribution < -0.4 is 5.73 Å². The minimum atomic E-state index is -3.21. The van der Waals surface area contributed by atoms with Crippen LogP contribution in [-0.2, 0) is 44.6 Å². The minimum Gasteiger partial charge on any atom is -0.455 e. The van der Waals surface area contributed by atoms with Crippen molar-refractivity contribution in [3.05, 3.63) is 24.5 Å². The monoisotopic (exact) mass is 907 g/mol. The largest absolute Gasteiger partial charge is 0.455 e. The number of hydrogen-bond acceptors (Lipinski definition) is 16. The fraction of sp³-hybridized carbons (Fsp3) is 0.698. The highest BCUT2D eigenvalue weighted by Gasteiger charge is 2.61. The van der Waals surface area contributed by atoms with Gasteiger partial charge in [0, 0.05) is 61.2 Å². The van der Waals surface area contributed by atoms with E-state index in [1.165, 1.54) is 36.8 Å². The Bertz CT molecular complexity index is 2000. The highest BCUT2D eigenvalue weighted by molar-refractivity contribution is 7.93. The number of nitrogens with two attached hydrogens (primary N) is 1. The van der Waals surface area contributed by atoms with E-state index in [4.69, 9.17) is 29.4 Å². The van der Waals surface area contributed by atoms with Gasteiger partial charge in [0.2, 0.25) is 0 Å². The van der Waals surface area contributed by atoms with Crippen LogP contribution in [0.3, 0.4) is 0 Å². The van der Waals surface area contributed by atoms with Crippen molar-refractivity contribution in [2.75, 3.05) is 39.7 Å². The predicted molar refractivity (Wildman–Crippen MR) is 230 cm³/mol. The van der Waals surface area contributed by atoms with Crippen molar-refractivity contribution >= 4 is 41.5 Å². The van der Waals surface area contributed by atoms with Crippen LogP contribution in [0.1, 0.15) is 74.7 Å². The first-order valence-electron chi connectivity index (χ1n) is 20.9. The summed E-state index contributed by atoms with van der Waals surface area (Å²) in [5.41, 5.74) is 1.04. The molecular weight excluding hydrogens is 845 g/mol. The van der Waals surface area contributed by atoms with Gasteiger partial charge in [0.25, 0.3) is 5.67 Å². The topological polar surface area (TPSA) is 211 Å². The lowest BCUT2D eigenvalue weighted by molar-refractivity contribution is -0.295. The molecule has 0 aliphatic carbocycles. The van der Waals surface area contributed by atoms with E-state index in [9.17, 15) is 28.2 Å². The number of cyclic esters (lactones) is 1. The summed E-state index contributed by atoms with van der Waals surface area (Å²) in [4.78, 5) is 64.0. The number of esters is 1. The summed E-state index contributed by atoms with van der Waals surface area (Å²) in [7, 11) is 5.00. The lowest BCUT2D eigenvalue weighted by Crippen LogP contribution is -2.61. The average molecular weight is 908 g/mol. The molecule has 350 valence electrons. The number of ketones is 2. The molecule has 20 heteroatoms. The first-order chi connectivity index (χ1) is 29.5. The van der Waals surface area contributed by atoms with Gasteiger partial charge in [0.15, 0.2) is 17.7 Å². The first kappa shape index (κ1) is 51.4. The van der Waals surface area contributed by atoms with Crippen LogP contribution in [0.5, 0.6) is 0 Å². The van der Waals surface area contributed by atoms with Gasteiger partial charge in [0.1, 0.15) is 30.2 Å². The maximum Gasteiger partial charge on any atom is 0.411 e. The van der Waals surface area contributed by atoms with Gasteiger partial charge in [0.05, 0.1) is 42.3 Å². The lowest BCUT2D eigenvalue weighted by atomic mass is 9.73. The van der Waals surface area contributed by atoms with E-state index in [0.29, 0.717) is 23.5 Å². The fourth-order valence-corrected chi connectivity index (χ4v) is 9.00. The maximum atomic E-state index is 16.9. The standard InChI is InChI=1S/C42H60FN7O10.CH3FS/c1-12-31-42(8)34(50(39(55)60-42)18-14-13-17-49-22-29(46-47-49)28-20-27(44)15-16-45-28)25(4)32(51)23(2)21-40(6,56-11)36(26(5)35(53)41(7,43)38(54)58-31)59-37-33(52)30(48(9)10)19-24(3)57-37;1-3-2/h15-16,20,22-26,30-31,33-34,36-37,52H,12,17-19,21H2,1-11H3,(H2,44,45);1H3/t23-,24?,25+,26+,30?,31-,33?,34-,36-,37+,40-,41+,42-;/m1./s1. The molecule has 3 aliphatic rings. The molecule has 0 radical (unpaired) electrons. The second-order valence-electron chi connectivity index (χ2n) is 17.3. The van der Waals surface area contributed by atoms with Gasteiger partial charge >= 0.3 is 12.1 Å². The summed E-state index contributed by atoms with van der Waals surface area (Å²) in [5.74, 6) is -0.151. The van der Waals surface area contributed by atoms with E-state index in [0.717, 1.165) is 6.92 Å². The number of ether oxygens (including phenoxy) is 5. The number of anilines is 1. The van der Waals surface area contributed by atoms with Gasteiger partial charge in [-0.25, -0.2) is 18.7 Å². The number of amides is 1. The zero-order valence-corrected chi connectivity index (χ0v) is 39.0. The number of alkyl halides is 1. The van der Waals surface area contributed by atoms with Crippen molar-refractivity contribution in [3.8, 4) is 23.2 Å². The fourth-order valence-electron chi connectivity index (χ4n) is 9.00. The lowest BCUT2D eigenvalue weighted by Gasteiger charge is -2.47. The molecule has 5 heterocycles. The summed E-state index contributed by atoms with van der Waals surface area (Å²) in [5, 5.41) is 19.6. The van der Waals surface area contributed by atoms with Gasteiger partial charge in [-0.1, -0.05) is 44.7 Å². The smallest absolute Gasteiger partial charge is 0.411 e. The number of nitrogen functional groups attached to an aromatic ring is 1. The van der Waals surface area contributed by atoms with E-state index in [-0.39, 0.29) is 56.0 Å². The zero-order chi connectivity index (χ0) is 47.2. The quantitative estimate of drug-likeness (QED) is 0.213. The second kappa shape index (κ2) is 21.2. The zero-order valence-electron chi connectivity index (χ0n) is 38.2. The van der Waals surface area contributed by atoms with Gasteiger partial charge in [-0.05, 0) is 73.2 Å². The van der Waals surface area contributed by atoms with Crippen molar-refractivity contribution < 1.29 is 56.2 Å². The molecule has 13 atom stereocenters. The summed E-state index contributed by atoms with van der Waals surface area (Å²) in [6.07, 6.45) is -1.18. The number of nitrogens with zero attached hydrogens (tertiary/aromatic N) is 6. The van der Waals surface area contributed by atoms with Crippen LogP contribution >= 0.6 is 12.1 Å². The molecule has 1 amide bonds. The van der Waals surface area contributed by atoms with E-state index < -0.39 is 83.1 Å². The van der Waals surface area contributed by atoms with Crippen LogP contribution in [-0.4, -0.2) is 152 Å². The van der Waals surface area contributed by atoms with Gasteiger partial charge in [-0.3, -0.25) is 19.5 Å². The molecule has 3 fully saturated rings. The van der Waals surface area contributed by atoms with Crippen LogP contribution in [0.25, 0.3) is 11.4 Å². The van der Waals surface area contributed by atoms with E-state index >= 15 is 4.39 Å². The molecule has 0 aromatic carbocycles. The Kier molecular flexibility index (Phi) is 17.3. The van der Waals surface area contributed by atoms with E-state index in [2.05, 4.69) is 27.1 Å². The molecule has 0 bridgehead atoms. The number of fused-ring (bicyclic) bond motifs is 1. The number of aliphatic hydroxyl groups is 1. The number of rotatable bonds is 8. The number of pyridine rings is 1. The number of carbonyl (C=O) groups is 4. The number of aromatic nitrogens is 4. The molecule has 63 heavy (non-hydrogen) atoms. The highest BCUT2D eigenvalue weighted by atomic mass is 32.2. The Morgan fingerprint density at radius 3 is 2.33 bits per heavy atom. The normalized spacial score (nSPS) is 35.4. The van der Waals surface area contributed by atoms with Crippen LogP contribution in [0.2, 0.25) is 0 Å². The molecule has 3 N–H and O–H groups in total. The summed E-state index contributed by atoms with van der Waals surface area (Å²) >= 11 is 0.250. The number of halogens is 2. The molecule has 0 spiro atoms. The average Bonchev–Trinajstić information content (AvgIpc) is 3.81. The van der Waals surface area contributed by atoms with Crippen molar-refractivity contribution in [3.63, 3.8) is 0 Å². The third-order valence-electron chi connectivity index (χ3n) is 12.4. The third kappa shape index (κ3) is 11.2. The molecule has 0 saturated carbocycles. The SMILES string of the molecule is CC[C@H]1OC(=O)[C@@](C)(F)C(=O)[C@H](C)[C@@H](O[C@@H]2OC(C)CC(N(C)C)C2O)[C@](C)(OC)C[C@@H](C)C(=O)[C@H](C)[C@H]2N(CC#CCn3cc(-c4cc(N)ccn4)nn3)C(=O)O[C@]12C.CSF. The molecule has 2 aromatic rings. The van der Waals surface area contributed by atoms with E-state index in [1.807, 2.05) is 25.9 Å². The van der Waals surface area contributed by atoms with Crippen molar-refractivity contribution in [1.29, 1.82) is 0 Å². The molecule has 3 aliphatic heterocycles. The van der Waals surface area contributed by atoms with Gasteiger partial charge in [-0.2, -0.15) is 3.89 Å². The number of aliphatic hydroxyl groups excluding tert-OH is 1. The number of carbonyl (C=O) groups excluding carboxylic acids is 4. The van der Waals surface area contributed by atoms with Gasteiger partial charge in [-0.15, -0.1) is 5.10 Å². The van der Waals surface area contributed by atoms with Crippen molar-refractivity contribution in [1.82, 2.24) is 29.8 Å². The Morgan fingerprint density at radius 1 is 1.08 bits per heavy atom. The Morgan fingerprint density at radius 2 is 1.73 bits per heavy atom. The highest BCUT2D eigenvalue weighted by Crippen LogP contribution is 2.43. The maximum absolute atomic E-state index is 16.9. The molecule has 5 rings (SSSR count). The molecule has 3 unspecified atom stereocenters. The van der Waals surface area contributed by atoms with Crippen LogP contribution in [0.15, 0.2) is 24.5 Å². The van der Waals surface area contributed by atoms with Crippen molar-refractivity contribution in [2.24, 2.45) is 17.8 Å². The van der Waals surface area contributed by atoms with Crippen LogP contribution in [0, 0.1) is 29.6 Å². The Labute approximate surface area is 372 Å². The molecule has 3 saturated heterocycles. The Hall–Kier alpha value is -4.26. The van der Waals surface area contributed by atoms with E-state index in [1.54, 1.807) is 52.2 Å². The number of hydrogen-bond donors (Lipinski definition) is 2. The Balaban J connectivity index is 0.00000282. The predicted octanol–water partition coefficient (Wildman–Crippen LogP) is 4.46. The molecular formula is C43H63F2N7O10S. The minimum absolute atomic E-state index is 0.0357. The summed E-state index contributed by atoms with van der Waals surface area (Å²) in [6.45, 7) is 12.1. The number of methoxy groups -OCH3 is 1. The third-order valence-corrected chi connectivity index (χ3v) is 12.4.